The van der Waals surface area contributed by atoms with E-state index in [0.717, 1.165) is 16.9 Å². The molecule has 6 nitrogen and oxygen atoms in total. The van der Waals surface area contributed by atoms with Crippen LogP contribution in [0.5, 0.6) is 5.75 Å². The fourth-order valence-corrected chi connectivity index (χ4v) is 3.60. The number of nitrogens with zero attached hydrogens (tertiary/aromatic N) is 2. The lowest BCUT2D eigenvalue weighted by atomic mass is 10.1. The predicted octanol–water partition coefficient (Wildman–Crippen LogP) is 1.18. The molecule has 0 unspecified atom stereocenters. The molecular formula is C16H24N2O4S. The Balaban J connectivity index is 1.94. The van der Waals surface area contributed by atoms with Gasteiger partial charge in [0.1, 0.15) is 5.75 Å². The number of carbonyl (C=O) groups is 1. The van der Waals surface area contributed by atoms with E-state index in [0.29, 0.717) is 32.6 Å². The zero-order chi connectivity index (χ0) is 17.0. The quantitative estimate of drug-likeness (QED) is 0.825. The molecule has 0 bridgehead atoms. The van der Waals surface area contributed by atoms with Crippen molar-refractivity contribution in [2.45, 2.75) is 20.3 Å². The minimum Gasteiger partial charge on any atom is -0.483 e. The van der Waals surface area contributed by atoms with Crippen LogP contribution in [-0.2, 0) is 14.8 Å². The topological polar surface area (TPSA) is 66.9 Å². The van der Waals surface area contributed by atoms with Crippen molar-refractivity contribution in [3.8, 4) is 5.75 Å². The molecule has 1 amide bonds. The smallest absolute Gasteiger partial charge is 0.260 e. The van der Waals surface area contributed by atoms with Crippen LogP contribution in [0.1, 0.15) is 17.5 Å². The molecule has 0 radical (unpaired) electrons. The van der Waals surface area contributed by atoms with E-state index in [1.54, 1.807) is 4.90 Å². The Labute approximate surface area is 138 Å². The molecule has 1 saturated heterocycles. The second kappa shape index (κ2) is 7.31. The summed E-state index contributed by atoms with van der Waals surface area (Å²) in [5, 5.41) is 0. The summed E-state index contributed by atoms with van der Waals surface area (Å²) in [7, 11) is -3.20. The van der Waals surface area contributed by atoms with Crippen molar-refractivity contribution in [3.63, 3.8) is 0 Å². The summed E-state index contributed by atoms with van der Waals surface area (Å²) in [6.07, 6.45) is 1.84. The van der Waals surface area contributed by atoms with Crippen molar-refractivity contribution in [3.05, 3.63) is 29.3 Å². The molecule has 0 spiro atoms. The fraction of sp³-hybridized carbons (Fsp3) is 0.562. The molecular weight excluding hydrogens is 316 g/mol. The molecule has 1 aliphatic rings. The fourth-order valence-electron chi connectivity index (χ4n) is 2.73. The van der Waals surface area contributed by atoms with Crippen LogP contribution in [0.15, 0.2) is 18.2 Å². The molecule has 1 aromatic carbocycles. The molecule has 23 heavy (non-hydrogen) atoms. The third-order valence-electron chi connectivity index (χ3n) is 4.03. The molecule has 0 aromatic heterocycles. The van der Waals surface area contributed by atoms with E-state index in [-0.39, 0.29) is 12.5 Å². The molecule has 1 aliphatic heterocycles. The van der Waals surface area contributed by atoms with Crippen LogP contribution < -0.4 is 4.74 Å². The summed E-state index contributed by atoms with van der Waals surface area (Å²) in [5.74, 6) is 0.636. The van der Waals surface area contributed by atoms with E-state index >= 15 is 0 Å². The zero-order valence-electron chi connectivity index (χ0n) is 13.9. The largest absolute Gasteiger partial charge is 0.483 e. The van der Waals surface area contributed by atoms with Gasteiger partial charge in [-0.15, -0.1) is 0 Å². The van der Waals surface area contributed by atoms with Crippen LogP contribution in [-0.4, -0.2) is 62.6 Å². The van der Waals surface area contributed by atoms with E-state index in [1.807, 2.05) is 32.0 Å². The Morgan fingerprint density at radius 2 is 1.78 bits per heavy atom. The summed E-state index contributed by atoms with van der Waals surface area (Å²) in [4.78, 5) is 14.0. The van der Waals surface area contributed by atoms with Crippen molar-refractivity contribution >= 4 is 15.9 Å². The highest BCUT2D eigenvalue weighted by Gasteiger charge is 2.24. The van der Waals surface area contributed by atoms with Gasteiger partial charge in [-0.05, 0) is 31.4 Å². The van der Waals surface area contributed by atoms with Crippen molar-refractivity contribution in [2.24, 2.45) is 0 Å². The van der Waals surface area contributed by atoms with Crippen molar-refractivity contribution in [1.82, 2.24) is 9.21 Å². The maximum atomic E-state index is 12.3. The normalized spacial score (nSPS) is 16.9. The first-order valence-electron chi connectivity index (χ1n) is 7.71. The first-order valence-corrected chi connectivity index (χ1v) is 9.56. The Kier molecular flexibility index (Phi) is 5.64. The number of amides is 1. The predicted molar refractivity (Wildman–Crippen MR) is 89.0 cm³/mol. The highest BCUT2D eigenvalue weighted by atomic mass is 32.2. The lowest BCUT2D eigenvalue weighted by Gasteiger charge is -2.21. The Morgan fingerprint density at radius 1 is 1.13 bits per heavy atom. The molecule has 1 heterocycles. The van der Waals surface area contributed by atoms with Crippen molar-refractivity contribution in [2.75, 3.05) is 39.0 Å². The van der Waals surface area contributed by atoms with Crippen LogP contribution in [0.2, 0.25) is 0 Å². The number of ether oxygens (including phenoxy) is 1. The van der Waals surface area contributed by atoms with Gasteiger partial charge in [0.25, 0.3) is 5.91 Å². The monoisotopic (exact) mass is 340 g/mol. The van der Waals surface area contributed by atoms with Crippen LogP contribution in [0.3, 0.4) is 0 Å². The van der Waals surface area contributed by atoms with Gasteiger partial charge in [0, 0.05) is 26.2 Å². The minimum absolute atomic E-state index is 0.0232. The standard InChI is InChI=1S/C16H24N2O4S/c1-13-6-4-7-14(2)16(13)22-12-15(19)17-8-5-9-18(11-10-17)23(3,20)21/h4,6-7H,5,8-12H2,1-3H3. The van der Waals surface area contributed by atoms with E-state index < -0.39 is 10.0 Å². The number of aryl methyl sites for hydroxylation is 2. The minimum atomic E-state index is -3.20. The second-order valence-corrected chi connectivity index (χ2v) is 7.89. The van der Waals surface area contributed by atoms with Gasteiger partial charge in [-0.1, -0.05) is 18.2 Å². The molecule has 0 atom stereocenters. The lowest BCUT2D eigenvalue weighted by molar-refractivity contribution is -0.133. The molecule has 0 saturated carbocycles. The van der Waals surface area contributed by atoms with Crippen molar-refractivity contribution < 1.29 is 17.9 Å². The Hall–Kier alpha value is -1.60. The Bertz CT molecular complexity index is 652. The number of para-hydroxylation sites is 1. The summed E-state index contributed by atoms with van der Waals surface area (Å²) >= 11 is 0. The SMILES string of the molecule is Cc1cccc(C)c1OCC(=O)N1CCCN(S(C)(=O)=O)CC1. The van der Waals surface area contributed by atoms with Gasteiger partial charge in [0.2, 0.25) is 10.0 Å². The van der Waals surface area contributed by atoms with Gasteiger partial charge in [-0.2, -0.15) is 0 Å². The van der Waals surface area contributed by atoms with Gasteiger partial charge in [-0.3, -0.25) is 4.79 Å². The average Bonchev–Trinajstić information content (AvgIpc) is 2.72. The average molecular weight is 340 g/mol. The number of carbonyl (C=O) groups excluding carboxylic acids is 1. The molecule has 1 fully saturated rings. The number of benzene rings is 1. The number of sulfonamides is 1. The van der Waals surface area contributed by atoms with Crippen LogP contribution in [0, 0.1) is 13.8 Å². The Morgan fingerprint density at radius 3 is 2.39 bits per heavy atom. The van der Waals surface area contributed by atoms with Gasteiger partial charge < -0.3 is 9.64 Å². The van der Waals surface area contributed by atoms with Gasteiger partial charge in [-0.25, -0.2) is 12.7 Å². The summed E-state index contributed by atoms with van der Waals surface area (Å²) in [6.45, 7) is 5.63. The summed E-state index contributed by atoms with van der Waals surface area (Å²) in [5.41, 5.74) is 1.99. The van der Waals surface area contributed by atoms with E-state index in [9.17, 15) is 13.2 Å². The second-order valence-electron chi connectivity index (χ2n) is 5.91. The number of hydrogen-bond acceptors (Lipinski definition) is 4. The van der Waals surface area contributed by atoms with Crippen LogP contribution >= 0.6 is 0 Å². The van der Waals surface area contributed by atoms with Crippen LogP contribution in [0.25, 0.3) is 0 Å². The van der Waals surface area contributed by atoms with E-state index in [4.69, 9.17) is 4.74 Å². The van der Waals surface area contributed by atoms with Crippen LogP contribution in [0.4, 0.5) is 0 Å². The third kappa shape index (κ3) is 4.68. The van der Waals surface area contributed by atoms with Gasteiger partial charge in [0.15, 0.2) is 6.61 Å². The molecule has 0 aliphatic carbocycles. The van der Waals surface area contributed by atoms with E-state index in [1.165, 1.54) is 10.6 Å². The van der Waals surface area contributed by atoms with Crippen molar-refractivity contribution in [1.29, 1.82) is 0 Å². The third-order valence-corrected chi connectivity index (χ3v) is 5.33. The highest BCUT2D eigenvalue weighted by Crippen LogP contribution is 2.22. The molecule has 7 heteroatoms. The summed E-state index contributed by atoms with van der Waals surface area (Å²) < 4.78 is 30.3. The molecule has 2 rings (SSSR count). The maximum Gasteiger partial charge on any atom is 0.260 e. The molecule has 128 valence electrons. The lowest BCUT2D eigenvalue weighted by Crippen LogP contribution is -2.39. The number of rotatable bonds is 4. The zero-order valence-corrected chi connectivity index (χ0v) is 14.7. The summed E-state index contributed by atoms with van der Waals surface area (Å²) in [6, 6.07) is 5.85. The highest BCUT2D eigenvalue weighted by molar-refractivity contribution is 7.88. The number of hydrogen-bond donors (Lipinski definition) is 0. The van der Waals surface area contributed by atoms with E-state index in [2.05, 4.69) is 0 Å². The molecule has 1 aromatic rings. The first-order chi connectivity index (χ1) is 10.8. The van der Waals surface area contributed by atoms with Gasteiger partial charge in [0.05, 0.1) is 6.26 Å². The van der Waals surface area contributed by atoms with Gasteiger partial charge >= 0.3 is 0 Å². The maximum absolute atomic E-state index is 12.3. The first kappa shape index (κ1) is 17.7. The molecule has 0 N–H and O–H groups in total.